The van der Waals surface area contributed by atoms with Crippen LogP contribution in [0.4, 0.5) is 0 Å². The third-order valence-corrected chi connectivity index (χ3v) is 4.05. The van der Waals surface area contributed by atoms with E-state index < -0.39 is 5.97 Å². The lowest BCUT2D eigenvalue weighted by molar-refractivity contribution is -0.134. The number of rotatable bonds is 4. The number of hydrogen-bond acceptors (Lipinski definition) is 1. The lowest BCUT2D eigenvalue weighted by atomic mass is 9.65. The quantitative estimate of drug-likeness (QED) is 0.748. The van der Waals surface area contributed by atoms with Crippen LogP contribution in [0.3, 0.4) is 0 Å². The number of hydrogen-bond donors (Lipinski definition) is 1. The van der Waals surface area contributed by atoms with Gasteiger partial charge in [-0.3, -0.25) is 0 Å². The van der Waals surface area contributed by atoms with Gasteiger partial charge < -0.3 is 5.11 Å². The molecule has 0 bridgehead atoms. The molecule has 0 aromatic carbocycles. The molecule has 0 aromatic heterocycles. The molecule has 2 atom stereocenters. The third kappa shape index (κ3) is 2.87. The Balaban J connectivity index is 3.02. The van der Waals surface area contributed by atoms with Gasteiger partial charge in [0.1, 0.15) is 0 Å². The van der Waals surface area contributed by atoms with Gasteiger partial charge in [0.2, 0.25) is 0 Å². The summed E-state index contributed by atoms with van der Waals surface area (Å²) in [6.45, 7) is 9.92. The zero-order valence-electron chi connectivity index (χ0n) is 11.0. The maximum Gasteiger partial charge on any atom is 0.331 e. The molecule has 0 saturated carbocycles. The summed E-state index contributed by atoms with van der Waals surface area (Å²) in [4.78, 5) is 11.3. The molecule has 1 rings (SSSR count). The van der Waals surface area contributed by atoms with Crippen molar-refractivity contribution in [2.45, 2.75) is 40.0 Å². The summed E-state index contributed by atoms with van der Waals surface area (Å²) in [6.07, 6.45) is 8.49. The number of aliphatic carboxylic acids is 1. The normalized spacial score (nSPS) is 29.7. The molecule has 0 unspecified atom stereocenters. The first-order chi connectivity index (χ1) is 7.91. The molecular weight excluding hydrogens is 212 g/mol. The smallest absolute Gasteiger partial charge is 0.331 e. The maximum absolute atomic E-state index is 11.3. The van der Waals surface area contributed by atoms with Gasteiger partial charge in [0.15, 0.2) is 0 Å². The fourth-order valence-corrected chi connectivity index (χ4v) is 2.39. The summed E-state index contributed by atoms with van der Waals surface area (Å²) >= 11 is 0. The fraction of sp³-hybridized carbons (Fsp3) is 0.533. The minimum Gasteiger partial charge on any atom is -0.478 e. The topological polar surface area (TPSA) is 37.3 Å². The van der Waals surface area contributed by atoms with Crippen LogP contribution in [0.15, 0.2) is 36.0 Å². The molecule has 0 aromatic rings. The van der Waals surface area contributed by atoms with E-state index in [0.29, 0.717) is 11.5 Å². The number of carbonyl (C=O) groups is 1. The standard InChI is InChI=1S/C15H22O2/c1-5-11(2)9-10-15(4)12(3)7-6-8-13(15)14(16)17/h5,8-9,12H,1,6-7,10H2,2-4H3,(H,16,17)/b11-9+/t12-,15+/m1/s1. The van der Waals surface area contributed by atoms with Gasteiger partial charge in [0, 0.05) is 11.0 Å². The van der Waals surface area contributed by atoms with Crippen molar-refractivity contribution in [3.05, 3.63) is 36.0 Å². The summed E-state index contributed by atoms with van der Waals surface area (Å²) in [5.41, 5.74) is 1.42. The largest absolute Gasteiger partial charge is 0.478 e. The SMILES string of the molecule is C=C/C(C)=C/C[C@]1(C)C(C(=O)O)=CCC[C@H]1C. The average Bonchev–Trinajstić information content (AvgIpc) is 2.29. The molecule has 0 amide bonds. The first-order valence-corrected chi connectivity index (χ1v) is 6.15. The van der Waals surface area contributed by atoms with E-state index in [1.807, 2.05) is 13.0 Å². The van der Waals surface area contributed by atoms with Gasteiger partial charge in [-0.05, 0) is 32.1 Å². The zero-order chi connectivity index (χ0) is 13.1. The highest BCUT2D eigenvalue weighted by molar-refractivity contribution is 5.88. The Morgan fingerprint density at radius 2 is 2.35 bits per heavy atom. The highest BCUT2D eigenvalue weighted by Crippen LogP contribution is 2.45. The van der Waals surface area contributed by atoms with E-state index in [1.54, 1.807) is 6.08 Å². The van der Waals surface area contributed by atoms with Crippen LogP contribution >= 0.6 is 0 Å². The van der Waals surface area contributed by atoms with Gasteiger partial charge in [-0.15, -0.1) is 0 Å². The van der Waals surface area contributed by atoms with Gasteiger partial charge in [-0.25, -0.2) is 4.79 Å². The molecule has 1 aliphatic rings. The van der Waals surface area contributed by atoms with Crippen LogP contribution in [0.25, 0.3) is 0 Å². The molecule has 1 aliphatic carbocycles. The second-order valence-electron chi connectivity index (χ2n) is 5.18. The van der Waals surface area contributed by atoms with Gasteiger partial charge >= 0.3 is 5.97 Å². The Morgan fingerprint density at radius 1 is 1.71 bits per heavy atom. The Bertz CT molecular complexity index is 376. The van der Waals surface area contributed by atoms with Gasteiger partial charge in [0.25, 0.3) is 0 Å². The van der Waals surface area contributed by atoms with Crippen molar-refractivity contribution in [3.8, 4) is 0 Å². The van der Waals surface area contributed by atoms with Crippen molar-refractivity contribution in [1.29, 1.82) is 0 Å². The van der Waals surface area contributed by atoms with Crippen molar-refractivity contribution in [2.24, 2.45) is 11.3 Å². The van der Waals surface area contributed by atoms with Gasteiger partial charge in [0.05, 0.1) is 0 Å². The lowest BCUT2D eigenvalue weighted by Gasteiger charge is -2.38. The Morgan fingerprint density at radius 3 is 2.88 bits per heavy atom. The summed E-state index contributed by atoms with van der Waals surface area (Å²) in [6, 6.07) is 0. The monoisotopic (exact) mass is 234 g/mol. The number of carboxylic acid groups (broad SMARTS) is 1. The molecule has 2 nitrogen and oxygen atoms in total. The molecule has 94 valence electrons. The van der Waals surface area contributed by atoms with Crippen molar-refractivity contribution in [3.63, 3.8) is 0 Å². The molecule has 0 radical (unpaired) electrons. The zero-order valence-corrected chi connectivity index (χ0v) is 11.0. The average molecular weight is 234 g/mol. The van der Waals surface area contributed by atoms with Crippen molar-refractivity contribution >= 4 is 5.97 Å². The van der Waals surface area contributed by atoms with Crippen LogP contribution in [-0.4, -0.2) is 11.1 Å². The second kappa shape index (κ2) is 5.35. The van der Waals surface area contributed by atoms with Crippen molar-refractivity contribution < 1.29 is 9.90 Å². The molecule has 0 heterocycles. The highest BCUT2D eigenvalue weighted by Gasteiger charge is 2.39. The fourth-order valence-electron chi connectivity index (χ4n) is 2.39. The first kappa shape index (κ1) is 13.8. The lowest BCUT2D eigenvalue weighted by Crippen LogP contribution is -2.33. The minimum atomic E-state index is -0.774. The van der Waals surface area contributed by atoms with E-state index in [-0.39, 0.29) is 5.41 Å². The molecule has 0 aliphatic heterocycles. The Labute approximate surface area is 104 Å². The van der Waals surface area contributed by atoms with Crippen LogP contribution in [0.5, 0.6) is 0 Å². The third-order valence-electron chi connectivity index (χ3n) is 4.05. The molecule has 0 saturated heterocycles. The Hall–Kier alpha value is -1.31. The van der Waals surface area contributed by atoms with Crippen LogP contribution in [0, 0.1) is 11.3 Å². The first-order valence-electron chi connectivity index (χ1n) is 6.15. The van der Waals surface area contributed by atoms with Crippen molar-refractivity contribution in [1.82, 2.24) is 0 Å². The minimum absolute atomic E-state index is 0.256. The molecule has 2 heteroatoms. The molecular formula is C15H22O2. The summed E-state index contributed by atoms with van der Waals surface area (Å²) in [7, 11) is 0. The van der Waals surface area contributed by atoms with Crippen LogP contribution in [0.1, 0.15) is 40.0 Å². The predicted molar refractivity (Wildman–Crippen MR) is 70.8 cm³/mol. The van der Waals surface area contributed by atoms with E-state index in [4.69, 9.17) is 0 Å². The van der Waals surface area contributed by atoms with Crippen LogP contribution in [0.2, 0.25) is 0 Å². The van der Waals surface area contributed by atoms with Gasteiger partial charge in [-0.2, -0.15) is 0 Å². The van der Waals surface area contributed by atoms with E-state index in [0.717, 1.165) is 24.8 Å². The highest BCUT2D eigenvalue weighted by atomic mass is 16.4. The molecule has 1 N–H and O–H groups in total. The number of allylic oxidation sites excluding steroid dienone is 4. The number of carboxylic acids is 1. The van der Waals surface area contributed by atoms with E-state index in [9.17, 15) is 9.90 Å². The Kier molecular flexibility index (Phi) is 4.33. The van der Waals surface area contributed by atoms with Gasteiger partial charge in [-0.1, -0.05) is 44.2 Å². The van der Waals surface area contributed by atoms with Crippen molar-refractivity contribution in [2.75, 3.05) is 0 Å². The predicted octanol–water partition coefficient (Wildman–Crippen LogP) is 3.96. The maximum atomic E-state index is 11.3. The van der Waals surface area contributed by atoms with Crippen LogP contribution in [-0.2, 0) is 4.79 Å². The van der Waals surface area contributed by atoms with E-state index in [2.05, 4.69) is 26.5 Å². The van der Waals surface area contributed by atoms with E-state index in [1.165, 1.54) is 0 Å². The molecule has 0 fully saturated rings. The molecule has 17 heavy (non-hydrogen) atoms. The summed E-state index contributed by atoms with van der Waals surface area (Å²) in [5, 5.41) is 9.30. The summed E-state index contributed by atoms with van der Waals surface area (Å²) < 4.78 is 0. The second-order valence-corrected chi connectivity index (χ2v) is 5.18. The van der Waals surface area contributed by atoms with Crippen LogP contribution < -0.4 is 0 Å². The summed E-state index contributed by atoms with van der Waals surface area (Å²) in [5.74, 6) is -0.379. The van der Waals surface area contributed by atoms with E-state index >= 15 is 0 Å². The molecule has 0 spiro atoms.